The molecule has 5 nitrogen and oxygen atoms in total. The fraction of sp³-hybridized carbons (Fsp3) is 0.385. The summed E-state index contributed by atoms with van der Waals surface area (Å²) in [4.78, 5) is 10.5. The van der Waals surface area contributed by atoms with E-state index >= 15 is 0 Å². The zero-order chi connectivity index (χ0) is 12.8. The number of anilines is 1. The van der Waals surface area contributed by atoms with Gasteiger partial charge in [0.2, 0.25) is 5.88 Å². The van der Waals surface area contributed by atoms with E-state index in [2.05, 4.69) is 21.8 Å². The van der Waals surface area contributed by atoms with Gasteiger partial charge in [-0.1, -0.05) is 0 Å². The Hall–Kier alpha value is -2.04. The van der Waals surface area contributed by atoms with Crippen LogP contribution in [0.25, 0.3) is 0 Å². The lowest BCUT2D eigenvalue weighted by Gasteiger charge is -2.21. The maximum atomic E-state index is 5.38. The molecule has 2 rings (SSSR count). The summed E-state index contributed by atoms with van der Waals surface area (Å²) in [5.41, 5.74) is 1.12. The van der Waals surface area contributed by atoms with Crippen LogP contribution < -0.4 is 9.64 Å². The normalized spacial score (nSPS) is 10.3. The maximum Gasteiger partial charge on any atom is 0.218 e. The molecular weight excluding hydrogens is 230 g/mol. The third-order valence-electron chi connectivity index (χ3n) is 2.58. The van der Waals surface area contributed by atoms with Gasteiger partial charge >= 0.3 is 0 Å². The largest absolute Gasteiger partial charge is 0.478 e. The third-order valence-corrected chi connectivity index (χ3v) is 2.58. The highest BCUT2D eigenvalue weighted by molar-refractivity contribution is 5.41. The summed E-state index contributed by atoms with van der Waals surface area (Å²) in [5.74, 6) is 1.46. The minimum atomic E-state index is 0.601. The summed E-state index contributed by atoms with van der Waals surface area (Å²) in [6.07, 6.45) is 4.94. The Morgan fingerprint density at radius 3 is 2.89 bits per heavy atom. The molecule has 0 aliphatic carbocycles. The molecule has 18 heavy (non-hydrogen) atoms. The summed E-state index contributed by atoms with van der Waals surface area (Å²) < 4.78 is 10.5. The zero-order valence-corrected chi connectivity index (χ0v) is 10.7. The molecular formula is C13H17N3O2. The van der Waals surface area contributed by atoms with Crippen molar-refractivity contribution in [1.29, 1.82) is 0 Å². The van der Waals surface area contributed by atoms with Gasteiger partial charge in [-0.05, 0) is 19.9 Å². The van der Waals surface area contributed by atoms with Crippen molar-refractivity contribution in [1.82, 2.24) is 9.97 Å². The fourth-order valence-electron chi connectivity index (χ4n) is 1.69. The van der Waals surface area contributed by atoms with Gasteiger partial charge in [0.15, 0.2) is 0 Å². The Kier molecular flexibility index (Phi) is 4.17. The summed E-state index contributed by atoms with van der Waals surface area (Å²) in [6, 6.07) is 3.81. The number of nitrogens with zero attached hydrogens (tertiary/aromatic N) is 3. The Morgan fingerprint density at radius 1 is 1.33 bits per heavy atom. The highest BCUT2D eigenvalue weighted by Crippen LogP contribution is 2.18. The quantitative estimate of drug-likeness (QED) is 0.785. The highest BCUT2D eigenvalue weighted by atomic mass is 16.5. The van der Waals surface area contributed by atoms with Crippen LogP contribution in [0.2, 0.25) is 0 Å². The van der Waals surface area contributed by atoms with Gasteiger partial charge in [0.1, 0.15) is 12.1 Å². The number of ether oxygens (including phenoxy) is 1. The highest BCUT2D eigenvalue weighted by Gasteiger charge is 2.09. The maximum absolute atomic E-state index is 5.38. The lowest BCUT2D eigenvalue weighted by molar-refractivity contribution is 0.326. The van der Waals surface area contributed by atoms with Crippen LogP contribution in [-0.4, -0.2) is 23.1 Å². The number of aromatic nitrogens is 2. The van der Waals surface area contributed by atoms with Gasteiger partial charge in [-0.2, -0.15) is 0 Å². The van der Waals surface area contributed by atoms with Crippen LogP contribution in [0.1, 0.15) is 19.4 Å². The molecule has 0 bridgehead atoms. The average Bonchev–Trinajstić information content (AvgIpc) is 2.89. The van der Waals surface area contributed by atoms with E-state index in [-0.39, 0.29) is 0 Å². The monoisotopic (exact) mass is 247 g/mol. The first kappa shape index (κ1) is 12.4. The Balaban J connectivity index is 2.13. The van der Waals surface area contributed by atoms with E-state index in [0.717, 1.165) is 24.5 Å². The van der Waals surface area contributed by atoms with Crippen molar-refractivity contribution in [3.63, 3.8) is 0 Å². The Morgan fingerprint density at radius 2 is 2.22 bits per heavy atom. The number of hydrogen-bond acceptors (Lipinski definition) is 5. The van der Waals surface area contributed by atoms with Crippen molar-refractivity contribution in [3.8, 4) is 5.88 Å². The molecule has 0 aromatic carbocycles. The topological polar surface area (TPSA) is 51.4 Å². The molecule has 0 N–H and O–H groups in total. The minimum absolute atomic E-state index is 0.601. The second-order valence-electron chi connectivity index (χ2n) is 3.79. The molecule has 0 aliphatic rings. The number of furan rings is 1. The molecule has 0 aliphatic heterocycles. The first-order valence-corrected chi connectivity index (χ1v) is 6.04. The fourth-order valence-corrected chi connectivity index (χ4v) is 1.69. The summed E-state index contributed by atoms with van der Waals surface area (Å²) >= 11 is 0. The van der Waals surface area contributed by atoms with Gasteiger partial charge in [0.05, 0.1) is 19.1 Å². The van der Waals surface area contributed by atoms with Gasteiger partial charge in [0.25, 0.3) is 0 Å². The molecule has 96 valence electrons. The average molecular weight is 247 g/mol. The van der Waals surface area contributed by atoms with Crippen LogP contribution in [-0.2, 0) is 6.54 Å². The van der Waals surface area contributed by atoms with Gasteiger partial charge in [-0.3, -0.25) is 0 Å². The first-order valence-electron chi connectivity index (χ1n) is 6.04. The van der Waals surface area contributed by atoms with Crippen LogP contribution >= 0.6 is 0 Å². The minimum Gasteiger partial charge on any atom is -0.478 e. The third kappa shape index (κ3) is 3.00. The second-order valence-corrected chi connectivity index (χ2v) is 3.79. The molecule has 0 spiro atoms. The predicted octanol–water partition coefficient (Wildman–Crippen LogP) is 2.49. The van der Waals surface area contributed by atoms with Crippen LogP contribution in [0, 0.1) is 0 Å². The summed E-state index contributed by atoms with van der Waals surface area (Å²) in [6.45, 7) is 6.24. The lowest BCUT2D eigenvalue weighted by atomic mass is 10.3. The molecule has 0 unspecified atom stereocenters. The molecule has 0 fully saturated rings. The molecule has 0 saturated carbocycles. The molecule has 2 aromatic rings. The molecule has 2 aromatic heterocycles. The van der Waals surface area contributed by atoms with Crippen molar-refractivity contribution in [2.75, 3.05) is 18.1 Å². The lowest BCUT2D eigenvalue weighted by Crippen LogP contribution is -2.22. The van der Waals surface area contributed by atoms with E-state index in [9.17, 15) is 0 Å². The molecule has 0 saturated heterocycles. The van der Waals surface area contributed by atoms with Crippen molar-refractivity contribution in [2.45, 2.75) is 20.4 Å². The van der Waals surface area contributed by atoms with E-state index in [1.807, 2.05) is 19.1 Å². The van der Waals surface area contributed by atoms with E-state index in [1.165, 1.54) is 6.33 Å². The van der Waals surface area contributed by atoms with Gasteiger partial charge in [-0.15, -0.1) is 0 Å². The Labute approximate surface area is 106 Å². The molecule has 0 radical (unpaired) electrons. The second kappa shape index (κ2) is 6.05. The van der Waals surface area contributed by atoms with E-state index < -0.39 is 0 Å². The van der Waals surface area contributed by atoms with Gasteiger partial charge < -0.3 is 14.1 Å². The van der Waals surface area contributed by atoms with Crippen LogP contribution in [0.15, 0.2) is 35.4 Å². The predicted molar refractivity (Wildman–Crippen MR) is 68.6 cm³/mol. The van der Waals surface area contributed by atoms with E-state index in [1.54, 1.807) is 12.5 Å². The van der Waals surface area contributed by atoms with Crippen LogP contribution in [0.3, 0.4) is 0 Å². The van der Waals surface area contributed by atoms with Gasteiger partial charge in [0, 0.05) is 24.7 Å². The van der Waals surface area contributed by atoms with Crippen molar-refractivity contribution >= 4 is 5.82 Å². The SMILES string of the molecule is CCOc1cc(N(CC)Cc2ccoc2)ncn1. The molecule has 2 heterocycles. The first-order chi connectivity index (χ1) is 8.83. The van der Waals surface area contributed by atoms with Crippen molar-refractivity contribution in [3.05, 3.63) is 36.5 Å². The zero-order valence-electron chi connectivity index (χ0n) is 10.7. The standard InChI is InChI=1S/C13H17N3O2/c1-3-16(8-11-5-6-17-9-11)12-7-13(18-4-2)15-10-14-12/h5-7,9-10H,3-4,8H2,1-2H3. The summed E-state index contributed by atoms with van der Waals surface area (Å²) in [7, 11) is 0. The van der Waals surface area contributed by atoms with Gasteiger partial charge in [-0.25, -0.2) is 9.97 Å². The number of rotatable bonds is 6. The van der Waals surface area contributed by atoms with Crippen LogP contribution in [0.5, 0.6) is 5.88 Å². The number of hydrogen-bond donors (Lipinski definition) is 0. The molecule has 0 atom stereocenters. The van der Waals surface area contributed by atoms with Crippen molar-refractivity contribution < 1.29 is 9.15 Å². The Bertz CT molecular complexity index is 471. The van der Waals surface area contributed by atoms with E-state index in [4.69, 9.17) is 9.15 Å². The van der Waals surface area contributed by atoms with Crippen LogP contribution in [0.4, 0.5) is 5.82 Å². The molecule has 5 heteroatoms. The smallest absolute Gasteiger partial charge is 0.218 e. The summed E-state index contributed by atoms with van der Waals surface area (Å²) in [5, 5.41) is 0. The van der Waals surface area contributed by atoms with Crippen molar-refractivity contribution in [2.24, 2.45) is 0 Å². The van der Waals surface area contributed by atoms with E-state index in [0.29, 0.717) is 12.5 Å². The molecule has 0 amide bonds.